The van der Waals surface area contributed by atoms with Gasteiger partial charge in [-0.3, -0.25) is 15.6 Å². The van der Waals surface area contributed by atoms with Crippen molar-refractivity contribution in [2.24, 2.45) is 0 Å². The topological polar surface area (TPSA) is 61.4 Å². The van der Waals surface area contributed by atoms with Crippen molar-refractivity contribution in [1.29, 1.82) is 0 Å². The monoisotopic (exact) mass is 284 g/mol. The number of hydrogen-bond donors (Lipinski definition) is 3. The summed E-state index contributed by atoms with van der Waals surface area (Å²) in [4.78, 5) is 11.7. The molecule has 4 nitrogen and oxygen atoms in total. The fourth-order valence-corrected chi connectivity index (χ4v) is 2.48. The second-order valence-corrected chi connectivity index (χ2v) is 5.23. The Morgan fingerprint density at radius 2 is 1.80 bits per heavy atom. The van der Waals surface area contributed by atoms with Crippen LogP contribution >= 0.6 is 0 Å². The number of carbonyl (C=O) groups is 1. The number of hydrazine groups is 1. The number of halogens is 2. The van der Waals surface area contributed by atoms with Gasteiger partial charge in [-0.1, -0.05) is 25.3 Å². The van der Waals surface area contributed by atoms with E-state index in [9.17, 15) is 18.7 Å². The molecule has 20 heavy (non-hydrogen) atoms. The Hall–Kier alpha value is -1.69. The maximum atomic E-state index is 13.3. The third kappa shape index (κ3) is 3.66. The van der Waals surface area contributed by atoms with E-state index in [2.05, 4.69) is 10.9 Å². The van der Waals surface area contributed by atoms with Crippen molar-refractivity contribution in [3.63, 3.8) is 0 Å². The van der Waals surface area contributed by atoms with Crippen LogP contribution in [0.25, 0.3) is 0 Å². The lowest BCUT2D eigenvalue weighted by atomic mass is 9.82. The fourth-order valence-electron chi connectivity index (χ4n) is 2.48. The molecule has 0 bridgehead atoms. The number of benzene rings is 1. The number of anilines is 1. The molecule has 2 rings (SSSR count). The van der Waals surface area contributed by atoms with E-state index in [0.29, 0.717) is 12.8 Å². The number of aliphatic hydroxyl groups is 1. The summed E-state index contributed by atoms with van der Waals surface area (Å²) in [7, 11) is 0. The molecule has 1 saturated carbocycles. The Labute approximate surface area is 116 Å². The van der Waals surface area contributed by atoms with Gasteiger partial charge in [-0.2, -0.15) is 0 Å². The first-order valence-electron chi connectivity index (χ1n) is 6.71. The van der Waals surface area contributed by atoms with Crippen LogP contribution in [-0.4, -0.2) is 16.6 Å². The van der Waals surface area contributed by atoms with E-state index < -0.39 is 28.8 Å². The van der Waals surface area contributed by atoms with Gasteiger partial charge < -0.3 is 5.11 Å². The Bertz CT molecular complexity index is 468. The third-order valence-corrected chi connectivity index (χ3v) is 3.56. The smallest absolute Gasteiger partial charge is 0.241 e. The van der Waals surface area contributed by atoms with Crippen molar-refractivity contribution in [1.82, 2.24) is 5.43 Å². The molecule has 0 atom stereocenters. The summed E-state index contributed by atoms with van der Waals surface area (Å²) in [6.45, 7) is 0. The van der Waals surface area contributed by atoms with Gasteiger partial charge in [0.25, 0.3) is 0 Å². The highest BCUT2D eigenvalue weighted by Crippen LogP contribution is 2.30. The highest BCUT2D eigenvalue weighted by Gasteiger charge is 2.31. The van der Waals surface area contributed by atoms with E-state index in [0.717, 1.165) is 31.4 Å². The molecule has 0 spiro atoms. The number of amides is 1. The van der Waals surface area contributed by atoms with Crippen molar-refractivity contribution >= 4 is 11.6 Å². The van der Waals surface area contributed by atoms with Crippen LogP contribution < -0.4 is 10.9 Å². The van der Waals surface area contributed by atoms with Crippen LogP contribution in [0.2, 0.25) is 0 Å². The van der Waals surface area contributed by atoms with Gasteiger partial charge in [-0.15, -0.1) is 0 Å². The maximum Gasteiger partial charge on any atom is 0.241 e. The first-order chi connectivity index (χ1) is 9.50. The molecule has 1 aliphatic rings. The Balaban J connectivity index is 1.89. The van der Waals surface area contributed by atoms with Crippen molar-refractivity contribution in [3.8, 4) is 0 Å². The molecule has 0 heterocycles. The lowest BCUT2D eigenvalue weighted by Crippen LogP contribution is -2.40. The second-order valence-electron chi connectivity index (χ2n) is 5.23. The lowest BCUT2D eigenvalue weighted by Gasteiger charge is -2.31. The zero-order valence-electron chi connectivity index (χ0n) is 11.1. The molecular weight excluding hydrogens is 266 g/mol. The van der Waals surface area contributed by atoms with E-state index in [1.54, 1.807) is 0 Å². The van der Waals surface area contributed by atoms with E-state index >= 15 is 0 Å². The molecule has 0 aromatic heterocycles. The zero-order valence-corrected chi connectivity index (χ0v) is 11.1. The average molecular weight is 284 g/mol. The Morgan fingerprint density at radius 3 is 2.40 bits per heavy atom. The van der Waals surface area contributed by atoms with Crippen molar-refractivity contribution in [2.75, 3.05) is 5.43 Å². The van der Waals surface area contributed by atoms with Crippen LogP contribution in [0.15, 0.2) is 18.2 Å². The molecule has 3 N–H and O–H groups in total. The molecule has 1 aromatic rings. The van der Waals surface area contributed by atoms with Crippen LogP contribution in [0, 0.1) is 11.6 Å². The van der Waals surface area contributed by atoms with Crippen LogP contribution in [0.3, 0.4) is 0 Å². The molecule has 6 heteroatoms. The minimum absolute atomic E-state index is 0.0733. The molecule has 110 valence electrons. The first-order valence-corrected chi connectivity index (χ1v) is 6.71. The van der Waals surface area contributed by atoms with Crippen molar-refractivity contribution in [2.45, 2.75) is 44.1 Å². The van der Waals surface area contributed by atoms with Crippen molar-refractivity contribution in [3.05, 3.63) is 29.8 Å². The summed E-state index contributed by atoms with van der Waals surface area (Å²) in [5.74, 6) is -2.07. The summed E-state index contributed by atoms with van der Waals surface area (Å²) >= 11 is 0. The van der Waals surface area contributed by atoms with Gasteiger partial charge in [0.05, 0.1) is 12.0 Å². The van der Waals surface area contributed by atoms with Gasteiger partial charge >= 0.3 is 0 Å². The summed E-state index contributed by atoms with van der Waals surface area (Å²) in [6.07, 6.45) is 3.92. The van der Waals surface area contributed by atoms with Crippen molar-refractivity contribution < 1.29 is 18.7 Å². The molecular formula is C14H18F2N2O2. The Kier molecular flexibility index (Phi) is 4.54. The zero-order chi connectivity index (χ0) is 14.6. The highest BCUT2D eigenvalue weighted by molar-refractivity contribution is 5.78. The van der Waals surface area contributed by atoms with Gasteiger partial charge in [0.15, 0.2) is 11.6 Å². The number of carbonyl (C=O) groups excluding carboxylic acids is 1. The SMILES string of the molecule is O=C(CC1(O)CCCCC1)NNc1c(F)cccc1F. The molecule has 0 radical (unpaired) electrons. The minimum Gasteiger partial charge on any atom is -0.389 e. The fraction of sp³-hybridized carbons (Fsp3) is 0.500. The quantitative estimate of drug-likeness (QED) is 0.744. The molecule has 1 aliphatic carbocycles. The highest BCUT2D eigenvalue weighted by atomic mass is 19.1. The first kappa shape index (κ1) is 14.7. The number of nitrogens with one attached hydrogen (secondary N) is 2. The van der Waals surface area contributed by atoms with E-state index in [1.165, 1.54) is 6.07 Å². The van der Waals surface area contributed by atoms with Gasteiger partial charge in [-0.25, -0.2) is 8.78 Å². The van der Waals surface area contributed by atoms with Gasteiger partial charge in [0, 0.05) is 0 Å². The Morgan fingerprint density at radius 1 is 1.20 bits per heavy atom. The molecule has 1 amide bonds. The largest absolute Gasteiger partial charge is 0.389 e. The average Bonchev–Trinajstić information content (AvgIpc) is 2.38. The predicted octanol–water partition coefficient (Wildman–Crippen LogP) is 2.49. The maximum absolute atomic E-state index is 13.3. The normalized spacial score (nSPS) is 17.6. The minimum atomic E-state index is -1.00. The molecule has 1 fully saturated rings. The number of para-hydroxylation sites is 1. The number of hydrogen-bond acceptors (Lipinski definition) is 3. The van der Waals surface area contributed by atoms with E-state index in [4.69, 9.17) is 0 Å². The van der Waals surface area contributed by atoms with E-state index in [1.807, 2.05) is 0 Å². The van der Waals surface area contributed by atoms with Crippen LogP contribution in [0.5, 0.6) is 0 Å². The summed E-state index contributed by atoms with van der Waals surface area (Å²) < 4.78 is 26.7. The molecule has 0 unspecified atom stereocenters. The summed E-state index contributed by atoms with van der Waals surface area (Å²) in [5.41, 5.74) is 3.04. The van der Waals surface area contributed by atoms with Crippen LogP contribution in [0.1, 0.15) is 38.5 Å². The summed E-state index contributed by atoms with van der Waals surface area (Å²) in [6, 6.07) is 3.42. The van der Waals surface area contributed by atoms with E-state index in [-0.39, 0.29) is 6.42 Å². The van der Waals surface area contributed by atoms with Crippen LogP contribution in [-0.2, 0) is 4.79 Å². The second kappa shape index (κ2) is 6.17. The molecule has 0 aliphatic heterocycles. The molecule has 0 saturated heterocycles. The molecule has 1 aromatic carbocycles. The third-order valence-electron chi connectivity index (χ3n) is 3.56. The van der Waals surface area contributed by atoms with Gasteiger partial charge in [0.1, 0.15) is 5.69 Å². The van der Waals surface area contributed by atoms with Crippen LogP contribution in [0.4, 0.5) is 14.5 Å². The van der Waals surface area contributed by atoms with Gasteiger partial charge in [-0.05, 0) is 25.0 Å². The predicted molar refractivity (Wildman–Crippen MR) is 70.8 cm³/mol. The number of rotatable bonds is 4. The lowest BCUT2D eigenvalue weighted by molar-refractivity contribution is -0.126. The van der Waals surface area contributed by atoms with Gasteiger partial charge in [0.2, 0.25) is 5.91 Å². The standard InChI is InChI=1S/C14H18F2N2O2/c15-10-5-4-6-11(16)13(10)18-17-12(19)9-14(20)7-2-1-3-8-14/h4-6,18,20H,1-3,7-9H2,(H,17,19). The summed E-state index contributed by atoms with van der Waals surface area (Å²) in [5, 5.41) is 10.2.